The first-order valence-electron chi connectivity index (χ1n) is 8.48. The van der Waals surface area contributed by atoms with E-state index in [1.807, 2.05) is 38.9 Å². The van der Waals surface area contributed by atoms with Gasteiger partial charge in [0.25, 0.3) is 0 Å². The maximum Gasteiger partial charge on any atom is 0.240 e. The maximum atomic E-state index is 12.7. The van der Waals surface area contributed by atoms with Crippen LogP contribution in [0.2, 0.25) is 0 Å². The molecule has 2 aromatic rings. The minimum atomic E-state index is -3.71. The van der Waals surface area contributed by atoms with E-state index in [9.17, 15) is 8.42 Å². The van der Waals surface area contributed by atoms with Gasteiger partial charge >= 0.3 is 0 Å². The van der Waals surface area contributed by atoms with Gasteiger partial charge in [0.15, 0.2) is 11.5 Å². The van der Waals surface area contributed by atoms with Crippen LogP contribution in [0.5, 0.6) is 11.5 Å². The normalized spacial score (nSPS) is 13.0. The van der Waals surface area contributed by atoms with Crippen molar-refractivity contribution in [2.75, 3.05) is 33.9 Å². The van der Waals surface area contributed by atoms with E-state index in [0.29, 0.717) is 30.5 Å². The molecule has 8 heteroatoms. The number of benzene rings is 1. The van der Waals surface area contributed by atoms with E-state index in [4.69, 9.17) is 13.9 Å². The molecule has 144 valence electrons. The summed E-state index contributed by atoms with van der Waals surface area (Å²) in [5.74, 6) is 1.63. The van der Waals surface area contributed by atoms with Crippen LogP contribution in [0.25, 0.3) is 0 Å². The van der Waals surface area contributed by atoms with Crippen molar-refractivity contribution in [3.8, 4) is 11.5 Å². The zero-order chi connectivity index (χ0) is 19.2. The minimum absolute atomic E-state index is 0.126. The number of furan rings is 1. The Kier molecular flexibility index (Phi) is 7.07. The molecule has 1 aromatic carbocycles. The van der Waals surface area contributed by atoms with Gasteiger partial charge in [-0.2, -0.15) is 0 Å². The molecule has 0 radical (unpaired) electrons. The number of ether oxygens (including phenoxy) is 2. The van der Waals surface area contributed by atoms with E-state index < -0.39 is 10.0 Å². The van der Waals surface area contributed by atoms with Gasteiger partial charge in [0, 0.05) is 12.6 Å². The zero-order valence-electron chi connectivity index (χ0n) is 15.6. The molecule has 1 atom stereocenters. The van der Waals surface area contributed by atoms with E-state index in [1.54, 1.807) is 18.4 Å². The Hall–Kier alpha value is -2.03. The Labute approximate surface area is 154 Å². The number of hydrogen-bond acceptors (Lipinski definition) is 6. The summed E-state index contributed by atoms with van der Waals surface area (Å²) in [6.45, 7) is 4.76. The molecule has 0 saturated carbocycles. The van der Waals surface area contributed by atoms with Crippen molar-refractivity contribution in [1.29, 1.82) is 0 Å². The summed E-state index contributed by atoms with van der Waals surface area (Å²) >= 11 is 0. The smallest absolute Gasteiger partial charge is 0.240 e. The third-order valence-corrected chi connectivity index (χ3v) is 5.21. The second-order valence-corrected chi connectivity index (χ2v) is 7.59. The Morgan fingerprint density at radius 3 is 2.38 bits per heavy atom. The van der Waals surface area contributed by atoms with Gasteiger partial charge in [0.2, 0.25) is 10.0 Å². The molecule has 0 amide bonds. The summed E-state index contributed by atoms with van der Waals surface area (Å²) in [4.78, 5) is 2.02. The Morgan fingerprint density at radius 1 is 1.12 bits per heavy atom. The average molecular weight is 382 g/mol. The predicted molar refractivity (Wildman–Crippen MR) is 99.1 cm³/mol. The number of nitrogens with zero attached hydrogens (tertiary/aromatic N) is 1. The first kappa shape index (κ1) is 20.3. The Morgan fingerprint density at radius 2 is 1.81 bits per heavy atom. The molecule has 26 heavy (non-hydrogen) atoms. The fraction of sp³-hybridized carbons (Fsp3) is 0.444. The SMILES string of the molecule is CCOc1ccc(S(=O)(=O)NCC(c2ccco2)N(C)C)cc1OCC. The largest absolute Gasteiger partial charge is 0.490 e. The predicted octanol–water partition coefficient (Wildman–Crippen LogP) is 2.66. The Balaban J connectivity index is 2.19. The van der Waals surface area contributed by atoms with Gasteiger partial charge in [-0.3, -0.25) is 4.90 Å². The highest BCUT2D eigenvalue weighted by molar-refractivity contribution is 7.89. The van der Waals surface area contributed by atoms with Crippen LogP contribution in [0, 0.1) is 0 Å². The summed E-state index contributed by atoms with van der Waals surface area (Å²) in [5.41, 5.74) is 0. The molecule has 1 N–H and O–H groups in total. The van der Waals surface area contributed by atoms with E-state index >= 15 is 0 Å². The van der Waals surface area contributed by atoms with Crippen LogP contribution < -0.4 is 14.2 Å². The number of nitrogens with one attached hydrogen (secondary N) is 1. The average Bonchev–Trinajstić information content (AvgIpc) is 3.10. The summed E-state index contributed by atoms with van der Waals surface area (Å²) in [7, 11) is 0.0269. The van der Waals surface area contributed by atoms with Crippen molar-refractivity contribution in [2.45, 2.75) is 24.8 Å². The lowest BCUT2D eigenvalue weighted by atomic mass is 10.2. The van der Waals surface area contributed by atoms with E-state index in [2.05, 4.69) is 4.72 Å². The maximum absolute atomic E-state index is 12.7. The molecule has 2 rings (SSSR count). The molecular formula is C18H26N2O5S. The highest BCUT2D eigenvalue weighted by atomic mass is 32.2. The van der Waals surface area contributed by atoms with Crippen molar-refractivity contribution in [3.63, 3.8) is 0 Å². The van der Waals surface area contributed by atoms with E-state index in [1.165, 1.54) is 12.1 Å². The summed E-state index contributed by atoms with van der Waals surface area (Å²) in [6.07, 6.45) is 1.57. The van der Waals surface area contributed by atoms with Crippen molar-refractivity contribution < 1.29 is 22.3 Å². The molecule has 7 nitrogen and oxygen atoms in total. The molecule has 0 spiro atoms. The number of rotatable bonds is 10. The zero-order valence-corrected chi connectivity index (χ0v) is 16.4. The van der Waals surface area contributed by atoms with Crippen molar-refractivity contribution in [2.24, 2.45) is 0 Å². The molecule has 0 bridgehead atoms. The molecule has 1 aromatic heterocycles. The third-order valence-electron chi connectivity index (χ3n) is 3.79. The summed E-state index contributed by atoms with van der Waals surface area (Å²) in [6, 6.07) is 7.99. The summed E-state index contributed by atoms with van der Waals surface area (Å²) < 4.78 is 44.4. The molecule has 0 aliphatic carbocycles. The highest BCUT2D eigenvalue weighted by Gasteiger charge is 2.22. The molecular weight excluding hydrogens is 356 g/mol. The van der Waals surface area contributed by atoms with Crippen LogP contribution in [-0.2, 0) is 10.0 Å². The van der Waals surface area contributed by atoms with Crippen LogP contribution in [0.4, 0.5) is 0 Å². The quantitative estimate of drug-likeness (QED) is 0.680. The number of sulfonamides is 1. The van der Waals surface area contributed by atoms with Crippen molar-refractivity contribution in [3.05, 3.63) is 42.4 Å². The van der Waals surface area contributed by atoms with Gasteiger partial charge in [-0.05, 0) is 52.2 Å². The molecule has 0 aliphatic heterocycles. The van der Waals surface area contributed by atoms with Gasteiger partial charge < -0.3 is 13.9 Å². The molecule has 1 heterocycles. The first-order chi connectivity index (χ1) is 12.4. The van der Waals surface area contributed by atoms with Crippen LogP contribution in [0.3, 0.4) is 0 Å². The molecule has 1 unspecified atom stereocenters. The molecule has 0 saturated heterocycles. The van der Waals surface area contributed by atoms with Gasteiger partial charge in [0.05, 0.1) is 30.4 Å². The fourth-order valence-electron chi connectivity index (χ4n) is 2.49. The third kappa shape index (κ3) is 5.00. The van der Waals surface area contributed by atoms with Crippen molar-refractivity contribution >= 4 is 10.0 Å². The van der Waals surface area contributed by atoms with E-state index in [-0.39, 0.29) is 17.5 Å². The Bertz CT molecular complexity index is 788. The van der Waals surface area contributed by atoms with Crippen LogP contribution in [-0.4, -0.2) is 47.2 Å². The highest BCUT2D eigenvalue weighted by Crippen LogP contribution is 2.30. The van der Waals surface area contributed by atoms with Crippen LogP contribution >= 0.6 is 0 Å². The second kappa shape index (κ2) is 9.07. The van der Waals surface area contributed by atoms with Crippen molar-refractivity contribution in [1.82, 2.24) is 9.62 Å². The topological polar surface area (TPSA) is 81.0 Å². The van der Waals surface area contributed by atoms with Gasteiger partial charge in [-0.1, -0.05) is 0 Å². The standard InChI is InChI=1S/C18H26N2O5S/c1-5-23-17-10-9-14(12-18(17)24-6-2)26(21,22)19-13-15(20(3)4)16-8-7-11-25-16/h7-12,15,19H,5-6,13H2,1-4H3. The number of likely N-dealkylation sites (N-methyl/N-ethyl adjacent to an activating group) is 1. The minimum Gasteiger partial charge on any atom is -0.490 e. The molecule has 0 aliphatic rings. The summed E-state index contributed by atoms with van der Waals surface area (Å²) in [5, 5.41) is 0. The number of hydrogen-bond donors (Lipinski definition) is 1. The van der Waals surface area contributed by atoms with Crippen LogP contribution in [0.1, 0.15) is 25.6 Å². The van der Waals surface area contributed by atoms with E-state index in [0.717, 1.165) is 0 Å². The lowest BCUT2D eigenvalue weighted by Crippen LogP contribution is -2.34. The van der Waals surface area contributed by atoms with Gasteiger partial charge in [0.1, 0.15) is 5.76 Å². The lowest BCUT2D eigenvalue weighted by molar-refractivity contribution is 0.259. The first-order valence-corrected chi connectivity index (χ1v) is 9.96. The fourth-order valence-corrected chi connectivity index (χ4v) is 3.54. The second-order valence-electron chi connectivity index (χ2n) is 5.82. The lowest BCUT2D eigenvalue weighted by Gasteiger charge is -2.22. The van der Waals surface area contributed by atoms with Gasteiger partial charge in [-0.15, -0.1) is 0 Å². The molecule has 0 fully saturated rings. The van der Waals surface area contributed by atoms with Crippen LogP contribution in [0.15, 0.2) is 45.9 Å². The van der Waals surface area contributed by atoms with Gasteiger partial charge in [-0.25, -0.2) is 13.1 Å². The monoisotopic (exact) mass is 382 g/mol.